The molecule has 1 N–H and O–H groups in total. The van der Waals surface area contributed by atoms with E-state index in [0.29, 0.717) is 44.5 Å². The Labute approximate surface area is 174 Å². The third kappa shape index (κ3) is 6.01. The monoisotopic (exact) mass is 410 g/mol. The molecule has 0 aliphatic carbocycles. The molecule has 156 valence electrons. The first kappa shape index (κ1) is 21.2. The van der Waals surface area contributed by atoms with Crippen LogP contribution in [0.4, 0.5) is 10.2 Å². The number of hydrogen-bond donors (Lipinski definition) is 1. The number of anilines is 1. The summed E-state index contributed by atoms with van der Waals surface area (Å²) < 4.78 is 18.0. The van der Waals surface area contributed by atoms with Crippen molar-refractivity contribution in [3.05, 3.63) is 59.5 Å². The molecule has 7 nitrogen and oxygen atoms in total. The summed E-state index contributed by atoms with van der Waals surface area (Å²) in [6.07, 6.45) is 3.34. The fourth-order valence-electron chi connectivity index (χ4n) is 3.29. The fraction of sp³-hybridized carbons (Fsp3) is 0.364. The minimum Gasteiger partial charge on any atom is -0.455 e. The molecular weight excluding hydrogens is 387 g/mol. The van der Waals surface area contributed by atoms with Crippen LogP contribution in [-0.2, 0) is 20.7 Å². The molecule has 1 aromatic heterocycles. The maximum absolute atomic E-state index is 12.9. The Bertz CT molecular complexity index is 901. The number of esters is 1. The highest BCUT2D eigenvalue weighted by Crippen LogP contribution is 2.22. The molecule has 2 aromatic rings. The van der Waals surface area contributed by atoms with Crippen LogP contribution >= 0.6 is 0 Å². The normalized spacial score (nSPS) is 14.1. The van der Waals surface area contributed by atoms with Gasteiger partial charge in [-0.15, -0.1) is 0 Å². The first-order valence-corrected chi connectivity index (χ1v) is 9.84. The smallest absolute Gasteiger partial charge is 0.309 e. The van der Waals surface area contributed by atoms with Gasteiger partial charge in [0, 0.05) is 25.8 Å². The number of hydrogen-bond acceptors (Lipinski definition) is 6. The number of nitrogens with zero attached hydrogens (tertiary/aromatic N) is 3. The number of piperidine rings is 1. The van der Waals surface area contributed by atoms with Crippen LogP contribution in [0.2, 0.25) is 0 Å². The molecule has 1 aliphatic rings. The van der Waals surface area contributed by atoms with Crippen molar-refractivity contribution in [2.75, 3.05) is 31.1 Å². The van der Waals surface area contributed by atoms with E-state index in [1.54, 1.807) is 24.3 Å². The average molecular weight is 410 g/mol. The van der Waals surface area contributed by atoms with Crippen molar-refractivity contribution in [2.45, 2.75) is 19.3 Å². The lowest BCUT2D eigenvalue weighted by atomic mass is 9.97. The molecular formula is C22H23FN4O3. The lowest BCUT2D eigenvalue weighted by Crippen LogP contribution is -2.38. The van der Waals surface area contributed by atoms with Crippen molar-refractivity contribution < 1.29 is 18.7 Å². The second kappa shape index (κ2) is 10.3. The van der Waals surface area contributed by atoms with Gasteiger partial charge in [-0.2, -0.15) is 5.26 Å². The van der Waals surface area contributed by atoms with Gasteiger partial charge in [0.15, 0.2) is 6.61 Å². The number of ether oxygens (including phenoxy) is 1. The van der Waals surface area contributed by atoms with E-state index in [0.717, 1.165) is 11.4 Å². The van der Waals surface area contributed by atoms with Crippen molar-refractivity contribution >= 4 is 17.7 Å². The largest absolute Gasteiger partial charge is 0.455 e. The summed E-state index contributed by atoms with van der Waals surface area (Å²) in [6, 6.07) is 11.6. The summed E-state index contributed by atoms with van der Waals surface area (Å²) in [5, 5.41) is 11.5. The fourth-order valence-corrected chi connectivity index (χ4v) is 3.29. The summed E-state index contributed by atoms with van der Waals surface area (Å²) in [7, 11) is 0. The number of carbonyl (C=O) groups excluding carboxylic acids is 2. The third-order valence-corrected chi connectivity index (χ3v) is 5.02. The van der Waals surface area contributed by atoms with Crippen LogP contribution in [0.25, 0.3) is 0 Å². The van der Waals surface area contributed by atoms with E-state index < -0.39 is 0 Å². The lowest BCUT2D eigenvalue weighted by Gasteiger charge is -2.31. The minimum absolute atomic E-state index is 0.244. The summed E-state index contributed by atoms with van der Waals surface area (Å²) >= 11 is 0. The van der Waals surface area contributed by atoms with Gasteiger partial charge in [0.1, 0.15) is 17.7 Å². The van der Waals surface area contributed by atoms with Gasteiger partial charge in [0.2, 0.25) is 0 Å². The molecule has 0 spiro atoms. The molecule has 1 aromatic carbocycles. The Morgan fingerprint density at radius 1 is 1.20 bits per heavy atom. The van der Waals surface area contributed by atoms with Gasteiger partial charge in [0.05, 0.1) is 11.5 Å². The summed E-state index contributed by atoms with van der Waals surface area (Å²) in [5.41, 5.74) is 1.42. The molecule has 1 saturated heterocycles. The second-order valence-electron chi connectivity index (χ2n) is 7.11. The van der Waals surface area contributed by atoms with E-state index in [-0.39, 0.29) is 30.2 Å². The number of carbonyl (C=O) groups is 2. The zero-order valence-corrected chi connectivity index (χ0v) is 16.5. The van der Waals surface area contributed by atoms with Crippen LogP contribution in [0.15, 0.2) is 42.6 Å². The number of halogens is 1. The average Bonchev–Trinajstić information content (AvgIpc) is 2.79. The van der Waals surface area contributed by atoms with E-state index in [9.17, 15) is 14.0 Å². The summed E-state index contributed by atoms with van der Waals surface area (Å²) in [5.74, 6) is -0.484. The molecule has 0 radical (unpaired) electrons. The SMILES string of the molecule is N#Cc1ccc(N2CCC(C(=O)OCC(=O)NCCc3ccc(F)cc3)CC2)nc1. The van der Waals surface area contributed by atoms with Crippen LogP contribution in [0.1, 0.15) is 24.0 Å². The standard InChI is InChI=1S/C22H23FN4O3/c23-19-4-1-16(2-5-19)7-10-25-21(28)15-30-22(29)18-8-11-27(12-9-18)20-6-3-17(13-24)14-26-20/h1-6,14,18H,7-12,15H2,(H,25,28). The van der Waals surface area contributed by atoms with Crippen molar-refractivity contribution in [3.8, 4) is 6.07 Å². The van der Waals surface area contributed by atoms with Gasteiger partial charge >= 0.3 is 5.97 Å². The maximum atomic E-state index is 12.9. The number of nitrogens with one attached hydrogen (secondary N) is 1. The van der Waals surface area contributed by atoms with E-state index in [2.05, 4.69) is 15.2 Å². The predicted molar refractivity (Wildman–Crippen MR) is 108 cm³/mol. The number of nitriles is 1. The highest BCUT2D eigenvalue weighted by atomic mass is 19.1. The molecule has 3 rings (SSSR count). The Kier molecular flexibility index (Phi) is 7.33. The Hall–Kier alpha value is -3.47. The number of rotatable bonds is 7. The quantitative estimate of drug-likeness (QED) is 0.704. The summed E-state index contributed by atoms with van der Waals surface area (Å²) in [4.78, 5) is 30.5. The van der Waals surface area contributed by atoms with Crippen molar-refractivity contribution in [3.63, 3.8) is 0 Å². The van der Waals surface area contributed by atoms with E-state index >= 15 is 0 Å². The van der Waals surface area contributed by atoms with Crippen LogP contribution in [0, 0.1) is 23.1 Å². The van der Waals surface area contributed by atoms with Gasteiger partial charge in [-0.1, -0.05) is 12.1 Å². The van der Waals surface area contributed by atoms with Gasteiger partial charge < -0.3 is 15.0 Å². The van der Waals surface area contributed by atoms with E-state index in [4.69, 9.17) is 10.00 Å². The zero-order chi connectivity index (χ0) is 21.3. The lowest BCUT2D eigenvalue weighted by molar-refractivity contribution is -0.153. The summed E-state index contributed by atoms with van der Waals surface area (Å²) in [6.45, 7) is 1.39. The zero-order valence-electron chi connectivity index (χ0n) is 16.5. The third-order valence-electron chi connectivity index (χ3n) is 5.02. The maximum Gasteiger partial charge on any atom is 0.309 e. The molecule has 1 amide bonds. The van der Waals surface area contributed by atoms with Crippen molar-refractivity contribution in [2.24, 2.45) is 5.92 Å². The van der Waals surface area contributed by atoms with Gasteiger partial charge in [-0.25, -0.2) is 9.37 Å². The first-order valence-electron chi connectivity index (χ1n) is 9.84. The van der Waals surface area contributed by atoms with E-state index in [1.165, 1.54) is 18.3 Å². The molecule has 30 heavy (non-hydrogen) atoms. The van der Waals surface area contributed by atoms with Crippen LogP contribution < -0.4 is 10.2 Å². The number of pyridine rings is 1. The Morgan fingerprint density at radius 3 is 2.57 bits per heavy atom. The van der Waals surface area contributed by atoms with Gasteiger partial charge in [-0.05, 0) is 49.1 Å². The number of amides is 1. The Morgan fingerprint density at radius 2 is 1.93 bits per heavy atom. The van der Waals surface area contributed by atoms with Crippen molar-refractivity contribution in [1.29, 1.82) is 5.26 Å². The molecule has 0 saturated carbocycles. The molecule has 8 heteroatoms. The van der Waals surface area contributed by atoms with Gasteiger partial charge in [0.25, 0.3) is 5.91 Å². The van der Waals surface area contributed by atoms with Crippen LogP contribution in [-0.4, -0.2) is 43.1 Å². The molecule has 1 aliphatic heterocycles. The molecule has 0 atom stereocenters. The number of aromatic nitrogens is 1. The van der Waals surface area contributed by atoms with Gasteiger partial charge in [-0.3, -0.25) is 9.59 Å². The topological polar surface area (TPSA) is 95.3 Å². The molecule has 0 unspecified atom stereocenters. The van der Waals surface area contributed by atoms with Crippen LogP contribution in [0.3, 0.4) is 0 Å². The van der Waals surface area contributed by atoms with Crippen molar-refractivity contribution in [1.82, 2.24) is 10.3 Å². The predicted octanol–water partition coefficient (Wildman–Crippen LogP) is 2.21. The molecule has 0 bridgehead atoms. The first-order chi connectivity index (χ1) is 14.5. The number of benzene rings is 1. The highest BCUT2D eigenvalue weighted by Gasteiger charge is 2.27. The minimum atomic E-state index is -0.365. The molecule has 2 heterocycles. The second-order valence-corrected chi connectivity index (χ2v) is 7.11. The van der Waals surface area contributed by atoms with E-state index in [1.807, 2.05) is 6.07 Å². The Balaban J connectivity index is 1.34. The van der Waals surface area contributed by atoms with Crippen LogP contribution in [0.5, 0.6) is 0 Å². The highest BCUT2D eigenvalue weighted by molar-refractivity contribution is 5.81. The molecule has 1 fully saturated rings.